The van der Waals surface area contributed by atoms with E-state index in [0.717, 1.165) is 10.0 Å². The maximum Gasteiger partial charge on any atom is 0.0705 e. The molecule has 0 aliphatic rings. The SMILES string of the molecule is C[C@H](O)[C@H](N)c1ccc(Cl)cc1Br. The van der Waals surface area contributed by atoms with Crippen molar-refractivity contribution < 1.29 is 5.11 Å². The summed E-state index contributed by atoms with van der Waals surface area (Å²) in [7, 11) is 0. The van der Waals surface area contributed by atoms with Gasteiger partial charge in [-0.25, -0.2) is 0 Å². The molecule has 3 N–H and O–H groups in total. The summed E-state index contributed by atoms with van der Waals surface area (Å²) in [4.78, 5) is 0. The molecule has 1 rings (SSSR count). The molecule has 0 spiro atoms. The maximum atomic E-state index is 9.29. The van der Waals surface area contributed by atoms with Crippen LogP contribution in [0.4, 0.5) is 0 Å². The lowest BCUT2D eigenvalue weighted by molar-refractivity contribution is 0.164. The molecule has 0 aliphatic carbocycles. The molecule has 1 aromatic rings. The molecule has 0 radical (unpaired) electrons. The highest BCUT2D eigenvalue weighted by Gasteiger charge is 2.14. The molecule has 72 valence electrons. The smallest absolute Gasteiger partial charge is 0.0705 e. The number of nitrogens with two attached hydrogens (primary N) is 1. The minimum absolute atomic E-state index is 0.383. The summed E-state index contributed by atoms with van der Waals surface area (Å²) in [5.41, 5.74) is 6.63. The van der Waals surface area contributed by atoms with Crippen LogP contribution in [-0.4, -0.2) is 11.2 Å². The molecular formula is C9H11BrClNO. The van der Waals surface area contributed by atoms with Gasteiger partial charge < -0.3 is 10.8 Å². The van der Waals surface area contributed by atoms with E-state index in [4.69, 9.17) is 17.3 Å². The van der Waals surface area contributed by atoms with Crippen LogP contribution in [0.25, 0.3) is 0 Å². The van der Waals surface area contributed by atoms with Gasteiger partial charge in [0.25, 0.3) is 0 Å². The van der Waals surface area contributed by atoms with Crippen LogP contribution in [-0.2, 0) is 0 Å². The lowest BCUT2D eigenvalue weighted by atomic mass is 10.0. The van der Waals surface area contributed by atoms with Crippen molar-refractivity contribution in [1.29, 1.82) is 0 Å². The Labute approximate surface area is 90.8 Å². The molecule has 0 heterocycles. The van der Waals surface area contributed by atoms with Crippen LogP contribution in [0.1, 0.15) is 18.5 Å². The van der Waals surface area contributed by atoms with Crippen molar-refractivity contribution in [3.05, 3.63) is 33.3 Å². The number of halogens is 2. The van der Waals surface area contributed by atoms with Crippen molar-refractivity contribution >= 4 is 27.5 Å². The third-order valence-corrected chi connectivity index (χ3v) is 2.76. The summed E-state index contributed by atoms with van der Waals surface area (Å²) in [6.45, 7) is 1.66. The van der Waals surface area contributed by atoms with Crippen molar-refractivity contribution in [2.45, 2.75) is 19.1 Å². The molecule has 0 bridgehead atoms. The predicted molar refractivity (Wildman–Crippen MR) is 57.8 cm³/mol. The second-order valence-corrected chi connectivity index (χ2v) is 4.22. The summed E-state index contributed by atoms with van der Waals surface area (Å²) >= 11 is 9.11. The fraction of sp³-hybridized carbons (Fsp3) is 0.333. The molecule has 0 aromatic heterocycles. The summed E-state index contributed by atoms with van der Waals surface area (Å²) in [6.07, 6.45) is -0.572. The number of hydrogen-bond donors (Lipinski definition) is 2. The van der Waals surface area contributed by atoms with Gasteiger partial charge >= 0.3 is 0 Å². The van der Waals surface area contributed by atoms with Crippen LogP contribution in [0, 0.1) is 0 Å². The fourth-order valence-electron chi connectivity index (χ4n) is 1.03. The standard InChI is InChI=1S/C9H11BrClNO/c1-5(13)9(12)7-3-2-6(11)4-8(7)10/h2-5,9,13H,12H2,1H3/t5-,9-/m0/s1. The van der Waals surface area contributed by atoms with Crippen LogP contribution in [0.5, 0.6) is 0 Å². The Hall–Kier alpha value is -0.0900. The minimum Gasteiger partial charge on any atom is -0.391 e. The Kier molecular flexibility index (Phi) is 3.74. The first kappa shape index (κ1) is 11.0. The van der Waals surface area contributed by atoms with Crippen molar-refractivity contribution in [1.82, 2.24) is 0 Å². The highest BCUT2D eigenvalue weighted by Crippen LogP contribution is 2.26. The first-order valence-electron chi connectivity index (χ1n) is 3.91. The van der Waals surface area contributed by atoms with Gasteiger partial charge in [0.2, 0.25) is 0 Å². The predicted octanol–water partition coefficient (Wildman–Crippen LogP) is 2.48. The van der Waals surface area contributed by atoms with Crippen molar-refractivity contribution in [3.63, 3.8) is 0 Å². The lowest BCUT2D eigenvalue weighted by Gasteiger charge is -2.16. The Morgan fingerprint density at radius 1 is 1.54 bits per heavy atom. The Morgan fingerprint density at radius 3 is 2.62 bits per heavy atom. The molecule has 4 heteroatoms. The van der Waals surface area contributed by atoms with E-state index in [2.05, 4.69) is 15.9 Å². The fourth-order valence-corrected chi connectivity index (χ4v) is 1.98. The maximum absolute atomic E-state index is 9.29. The Morgan fingerprint density at radius 2 is 2.15 bits per heavy atom. The molecule has 0 fully saturated rings. The largest absolute Gasteiger partial charge is 0.391 e. The second kappa shape index (κ2) is 4.42. The first-order chi connectivity index (χ1) is 6.02. The van der Waals surface area contributed by atoms with Crippen LogP contribution in [0.3, 0.4) is 0 Å². The van der Waals surface area contributed by atoms with E-state index < -0.39 is 6.10 Å². The van der Waals surface area contributed by atoms with E-state index in [1.54, 1.807) is 19.1 Å². The topological polar surface area (TPSA) is 46.2 Å². The van der Waals surface area contributed by atoms with Crippen LogP contribution >= 0.6 is 27.5 Å². The molecule has 0 unspecified atom stereocenters. The van der Waals surface area contributed by atoms with E-state index in [1.807, 2.05) is 6.07 Å². The second-order valence-electron chi connectivity index (χ2n) is 2.93. The first-order valence-corrected chi connectivity index (χ1v) is 5.08. The Balaban J connectivity index is 3.01. The number of aliphatic hydroxyl groups excluding tert-OH is 1. The van der Waals surface area contributed by atoms with E-state index in [9.17, 15) is 5.11 Å². The zero-order valence-corrected chi connectivity index (χ0v) is 9.51. The van der Waals surface area contributed by atoms with Gasteiger partial charge in [0.15, 0.2) is 0 Å². The molecule has 0 saturated carbocycles. The van der Waals surface area contributed by atoms with E-state index in [1.165, 1.54) is 0 Å². The third-order valence-electron chi connectivity index (χ3n) is 1.84. The molecular weight excluding hydrogens is 253 g/mol. The van der Waals surface area contributed by atoms with Gasteiger partial charge in [0.1, 0.15) is 0 Å². The molecule has 2 atom stereocenters. The van der Waals surface area contributed by atoms with E-state index in [0.29, 0.717) is 5.02 Å². The number of rotatable bonds is 2. The van der Waals surface area contributed by atoms with Gasteiger partial charge in [0.05, 0.1) is 12.1 Å². The third kappa shape index (κ3) is 2.68. The van der Waals surface area contributed by atoms with Crippen LogP contribution < -0.4 is 5.73 Å². The molecule has 1 aromatic carbocycles. The highest BCUT2D eigenvalue weighted by molar-refractivity contribution is 9.10. The van der Waals surface area contributed by atoms with Crippen LogP contribution in [0.15, 0.2) is 22.7 Å². The monoisotopic (exact) mass is 263 g/mol. The van der Waals surface area contributed by atoms with Gasteiger partial charge in [-0.1, -0.05) is 33.6 Å². The normalized spacial score (nSPS) is 15.5. The number of hydrogen-bond acceptors (Lipinski definition) is 2. The quantitative estimate of drug-likeness (QED) is 0.862. The number of aliphatic hydroxyl groups is 1. The minimum atomic E-state index is -0.572. The average molecular weight is 265 g/mol. The molecule has 2 nitrogen and oxygen atoms in total. The van der Waals surface area contributed by atoms with Crippen molar-refractivity contribution in [2.75, 3.05) is 0 Å². The summed E-state index contributed by atoms with van der Waals surface area (Å²) in [5, 5.41) is 9.94. The Bertz CT molecular complexity index is 304. The molecule has 0 aliphatic heterocycles. The summed E-state index contributed by atoms with van der Waals surface area (Å²) in [5.74, 6) is 0. The lowest BCUT2D eigenvalue weighted by Crippen LogP contribution is -2.23. The van der Waals surface area contributed by atoms with Gasteiger partial charge in [-0.15, -0.1) is 0 Å². The molecule has 0 amide bonds. The number of benzene rings is 1. The highest BCUT2D eigenvalue weighted by atomic mass is 79.9. The van der Waals surface area contributed by atoms with E-state index >= 15 is 0 Å². The molecule has 0 saturated heterocycles. The average Bonchev–Trinajstić information content (AvgIpc) is 2.03. The van der Waals surface area contributed by atoms with Gasteiger partial charge in [-0.05, 0) is 24.6 Å². The van der Waals surface area contributed by atoms with E-state index in [-0.39, 0.29) is 6.04 Å². The zero-order valence-electron chi connectivity index (χ0n) is 7.17. The van der Waals surface area contributed by atoms with Gasteiger partial charge in [-0.2, -0.15) is 0 Å². The summed E-state index contributed by atoms with van der Waals surface area (Å²) < 4.78 is 0.827. The van der Waals surface area contributed by atoms with Gasteiger partial charge in [0, 0.05) is 9.50 Å². The van der Waals surface area contributed by atoms with Gasteiger partial charge in [-0.3, -0.25) is 0 Å². The zero-order chi connectivity index (χ0) is 10.0. The van der Waals surface area contributed by atoms with Crippen LogP contribution in [0.2, 0.25) is 5.02 Å². The van der Waals surface area contributed by atoms with Crippen molar-refractivity contribution in [3.8, 4) is 0 Å². The summed E-state index contributed by atoms with van der Waals surface area (Å²) in [6, 6.07) is 4.94. The molecule has 13 heavy (non-hydrogen) atoms. The van der Waals surface area contributed by atoms with Crippen molar-refractivity contribution in [2.24, 2.45) is 5.73 Å².